The minimum Gasteiger partial charge on any atom is -0.350 e. The molecular formula is C16H15N. The van der Waals surface area contributed by atoms with Gasteiger partial charge in [0.05, 0.1) is 0 Å². The maximum absolute atomic E-state index is 2.23. The fourth-order valence-electron chi connectivity index (χ4n) is 2.38. The van der Waals surface area contributed by atoms with Crippen LogP contribution >= 0.6 is 0 Å². The highest BCUT2D eigenvalue weighted by atomic mass is 14.9. The summed E-state index contributed by atoms with van der Waals surface area (Å²) in [6.45, 7) is 0. The lowest BCUT2D eigenvalue weighted by Crippen LogP contribution is -1.86. The lowest BCUT2D eigenvalue weighted by atomic mass is 10.0. The molecule has 0 radical (unpaired) electrons. The molecule has 0 bridgehead atoms. The van der Waals surface area contributed by atoms with Crippen LogP contribution in [0, 0.1) is 0 Å². The molecule has 0 aliphatic rings. The van der Waals surface area contributed by atoms with Crippen molar-refractivity contribution in [1.82, 2.24) is 4.57 Å². The van der Waals surface area contributed by atoms with Crippen molar-refractivity contribution < 1.29 is 0 Å². The summed E-state index contributed by atoms with van der Waals surface area (Å²) in [5.41, 5.74) is 4.07. The lowest BCUT2D eigenvalue weighted by Gasteiger charge is -1.99. The summed E-state index contributed by atoms with van der Waals surface area (Å²) in [5, 5.41) is 1.36. The van der Waals surface area contributed by atoms with E-state index in [9.17, 15) is 0 Å². The number of benzene rings is 2. The Morgan fingerprint density at radius 1 is 0.882 bits per heavy atom. The van der Waals surface area contributed by atoms with Crippen molar-refractivity contribution in [3.8, 4) is 0 Å². The molecule has 3 aromatic rings. The maximum atomic E-state index is 2.23. The zero-order valence-electron chi connectivity index (χ0n) is 9.93. The Bertz CT molecular complexity index is 635. The van der Waals surface area contributed by atoms with Crippen molar-refractivity contribution in [2.75, 3.05) is 0 Å². The molecule has 2 aromatic carbocycles. The van der Waals surface area contributed by atoms with E-state index < -0.39 is 0 Å². The molecule has 1 nitrogen and oxygen atoms in total. The third-order valence-electron chi connectivity index (χ3n) is 3.22. The smallest absolute Gasteiger partial charge is 0.0480 e. The molecule has 1 heterocycles. The molecule has 3 rings (SSSR count). The standard InChI is InChI=1S/C16H15N/c1-17-12-14(11-13-7-3-2-4-8-13)15-9-5-6-10-16(15)17/h2-10,12H,11H2,1H3. The van der Waals surface area contributed by atoms with Gasteiger partial charge in [0.25, 0.3) is 0 Å². The predicted octanol–water partition coefficient (Wildman–Crippen LogP) is 3.77. The summed E-state index contributed by atoms with van der Waals surface area (Å²) >= 11 is 0. The van der Waals surface area contributed by atoms with Crippen molar-refractivity contribution in [2.24, 2.45) is 7.05 Å². The van der Waals surface area contributed by atoms with Gasteiger partial charge in [-0.2, -0.15) is 0 Å². The first-order chi connectivity index (χ1) is 8.34. The second-order valence-electron chi connectivity index (χ2n) is 4.44. The van der Waals surface area contributed by atoms with Crippen LogP contribution < -0.4 is 0 Å². The van der Waals surface area contributed by atoms with Crippen molar-refractivity contribution in [2.45, 2.75) is 6.42 Å². The van der Waals surface area contributed by atoms with Crippen LogP contribution in [0.2, 0.25) is 0 Å². The van der Waals surface area contributed by atoms with Gasteiger partial charge in [0.1, 0.15) is 0 Å². The third kappa shape index (κ3) is 1.84. The van der Waals surface area contributed by atoms with Gasteiger partial charge in [0.15, 0.2) is 0 Å². The average molecular weight is 221 g/mol. The van der Waals surface area contributed by atoms with Crippen molar-refractivity contribution >= 4 is 10.9 Å². The average Bonchev–Trinajstić information content (AvgIpc) is 2.69. The van der Waals surface area contributed by atoms with E-state index in [-0.39, 0.29) is 0 Å². The number of hydrogen-bond donors (Lipinski definition) is 0. The molecule has 84 valence electrons. The molecule has 1 heteroatoms. The Morgan fingerprint density at radius 2 is 1.59 bits per heavy atom. The highest BCUT2D eigenvalue weighted by Gasteiger charge is 2.05. The molecule has 1 aromatic heterocycles. The number of aromatic nitrogens is 1. The first-order valence-corrected chi connectivity index (χ1v) is 5.91. The lowest BCUT2D eigenvalue weighted by molar-refractivity contribution is 0.958. The van der Waals surface area contributed by atoms with E-state index in [1.54, 1.807) is 0 Å². The van der Waals surface area contributed by atoms with Gasteiger partial charge in [-0.1, -0.05) is 48.5 Å². The van der Waals surface area contributed by atoms with Crippen LogP contribution in [0.3, 0.4) is 0 Å². The van der Waals surface area contributed by atoms with E-state index in [4.69, 9.17) is 0 Å². The third-order valence-corrected chi connectivity index (χ3v) is 3.22. The van der Waals surface area contributed by atoms with Crippen molar-refractivity contribution in [3.63, 3.8) is 0 Å². The zero-order valence-corrected chi connectivity index (χ0v) is 9.93. The molecular weight excluding hydrogens is 206 g/mol. The number of rotatable bonds is 2. The van der Waals surface area contributed by atoms with Crippen molar-refractivity contribution in [3.05, 3.63) is 71.9 Å². The monoisotopic (exact) mass is 221 g/mol. The Morgan fingerprint density at radius 3 is 2.41 bits per heavy atom. The van der Waals surface area contributed by atoms with Crippen LogP contribution in [0.15, 0.2) is 60.8 Å². The number of hydrogen-bond acceptors (Lipinski definition) is 0. The van der Waals surface area contributed by atoms with E-state index in [1.165, 1.54) is 22.0 Å². The first-order valence-electron chi connectivity index (χ1n) is 5.91. The summed E-state index contributed by atoms with van der Waals surface area (Å²) in [5.74, 6) is 0. The summed E-state index contributed by atoms with van der Waals surface area (Å²) in [4.78, 5) is 0. The fourth-order valence-corrected chi connectivity index (χ4v) is 2.38. The summed E-state index contributed by atoms with van der Waals surface area (Å²) in [6, 6.07) is 19.2. The Kier molecular flexibility index (Phi) is 2.45. The molecule has 0 saturated carbocycles. The molecule has 0 saturated heterocycles. The molecule has 17 heavy (non-hydrogen) atoms. The molecule has 0 atom stereocenters. The topological polar surface area (TPSA) is 4.93 Å². The molecule has 0 aliphatic heterocycles. The Balaban J connectivity index is 2.07. The number of aryl methyl sites for hydroxylation is 1. The summed E-state index contributed by atoms with van der Waals surface area (Å²) < 4.78 is 2.20. The molecule has 0 fully saturated rings. The highest BCUT2D eigenvalue weighted by Crippen LogP contribution is 2.22. The fraction of sp³-hybridized carbons (Fsp3) is 0.125. The van der Waals surface area contributed by atoms with Gasteiger partial charge in [0.2, 0.25) is 0 Å². The van der Waals surface area contributed by atoms with Gasteiger partial charge in [-0.05, 0) is 23.6 Å². The van der Waals surface area contributed by atoms with E-state index in [2.05, 4.69) is 72.4 Å². The Hall–Kier alpha value is -2.02. The molecule has 0 spiro atoms. The zero-order chi connectivity index (χ0) is 11.7. The van der Waals surface area contributed by atoms with Gasteiger partial charge in [-0.15, -0.1) is 0 Å². The van der Waals surface area contributed by atoms with E-state index in [0.717, 1.165) is 6.42 Å². The van der Waals surface area contributed by atoms with E-state index in [1.807, 2.05) is 0 Å². The normalized spacial score (nSPS) is 10.9. The summed E-state index contributed by atoms with van der Waals surface area (Å²) in [6.07, 6.45) is 3.24. The SMILES string of the molecule is Cn1cc(Cc2ccccc2)c2ccccc21. The molecule has 0 N–H and O–H groups in total. The highest BCUT2D eigenvalue weighted by molar-refractivity contribution is 5.84. The first kappa shape index (κ1) is 10.2. The maximum Gasteiger partial charge on any atom is 0.0480 e. The molecule has 0 unspecified atom stereocenters. The second-order valence-corrected chi connectivity index (χ2v) is 4.44. The van der Waals surface area contributed by atoms with Crippen LogP contribution in [-0.4, -0.2) is 4.57 Å². The van der Waals surface area contributed by atoms with Gasteiger partial charge in [0, 0.05) is 24.1 Å². The van der Waals surface area contributed by atoms with Crippen LogP contribution in [0.1, 0.15) is 11.1 Å². The molecule has 0 aliphatic carbocycles. The number of fused-ring (bicyclic) bond motifs is 1. The van der Waals surface area contributed by atoms with Crippen LogP contribution in [0.4, 0.5) is 0 Å². The van der Waals surface area contributed by atoms with Gasteiger partial charge in [-0.3, -0.25) is 0 Å². The number of nitrogens with zero attached hydrogens (tertiary/aromatic N) is 1. The van der Waals surface area contributed by atoms with Crippen molar-refractivity contribution in [1.29, 1.82) is 0 Å². The van der Waals surface area contributed by atoms with E-state index >= 15 is 0 Å². The van der Waals surface area contributed by atoms with Gasteiger partial charge < -0.3 is 4.57 Å². The Labute approximate surface area is 101 Å². The minimum atomic E-state index is 1.00. The second kappa shape index (κ2) is 4.10. The summed E-state index contributed by atoms with van der Waals surface area (Å²) in [7, 11) is 2.11. The number of para-hydroxylation sites is 1. The van der Waals surface area contributed by atoms with Crippen LogP contribution in [-0.2, 0) is 13.5 Å². The predicted molar refractivity (Wildman–Crippen MR) is 72.2 cm³/mol. The van der Waals surface area contributed by atoms with Crippen LogP contribution in [0.5, 0.6) is 0 Å². The van der Waals surface area contributed by atoms with E-state index in [0.29, 0.717) is 0 Å². The van der Waals surface area contributed by atoms with Crippen LogP contribution in [0.25, 0.3) is 10.9 Å². The largest absolute Gasteiger partial charge is 0.350 e. The minimum absolute atomic E-state index is 1.00. The molecule has 0 amide bonds. The van der Waals surface area contributed by atoms with Gasteiger partial charge in [-0.25, -0.2) is 0 Å². The quantitative estimate of drug-likeness (QED) is 0.620. The van der Waals surface area contributed by atoms with Gasteiger partial charge >= 0.3 is 0 Å².